The first-order valence-electron chi connectivity index (χ1n) is 7.88. The number of hydrogen-bond donors (Lipinski definition) is 1. The molecule has 4 heteroatoms. The minimum absolute atomic E-state index is 0. The lowest BCUT2D eigenvalue weighted by Crippen LogP contribution is -2.26. The maximum Gasteiger partial charge on any atom is 0.161 e. The van der Waals surface area contributed by atoms with Crippen LogP contribution in [0, 0.1) is 5.92 Å². The van der Waals surface area contributed by atoms with Crippen LogP contribution in [-0.2, 0) is 6.61 Å². The van der Waals surface area contributed by atoms with E-state index in [9.17, 15) is 0 Å². The van der Waals surface area contributed by atoms with Crippen LogP contribution in [0.1, 0.15) is 36.4 Å². The van der Waals surface area contributed by atoms with Gasteiger partial charge in [0.1, 0.15) is 6.61 Å². The number of benzene rings is 2. The maximum atomic E-state index is 6.34. The third-order valence-corrected chi connectivity index (χ3v) is 4.47. The highest BCUT2D eigenvalue weighted by atomic mass is 35.5. The summed E-state index contributed by atoms with van der Waals surface area (Å²) in [7, 11) is 1.67. The topological polar surface area (TPSA) is 44.5 Å². The Morgan fingerprint density at radius 1 is 1.09 bits per heavy atom. The number of rotatable bonds is 6. The summed E-state index contributed by atoms with van der Waals surface area (Å²) >= 11 is 0. The molecule has 0 saturated heterocycles. The Hall–Kier alpha value is -1.71. The van der Waals surface area contributed by atoms with E-state index in [1.807, 2.05) is 42.5 Å². The lowest BCUT2D eigenvalue weighted by Gasteiger charge is -2.31. The van der Waals surface area contributed by atoms with Crippen molar-refractivity contribution in [3.05, 3.63) is 59.7 Å². The van der Waals surface area contributed by atoms with Gasteiger partial charge in [-0.2, -0.15) is 0 Å². The van der Waals surface area contributed by atoms with Gasteiger partial charge in [-0.05, 0) is 42.0 Å². The second-order valence-electron chi connectivity index (χ2n) is 5.90. The molecule has 1 aliphatic rings. The zero-order chi connectivity index (χ0) is 15.4. The standard InChI is InChI=1S/C19H23NO2.ClH/c1-21-18-12-16(19(20)15-8-5-9-15)10-11-17(18)22-13-14-6-3-2-4-7-14;/h2-4,6-7,10-12,15,19H,5,8-9,13,20H2,1H3;1H/t19-;/m1./s1. The zero-order valence-corrected chi connectivity index (χ0v) is 14.2. The number of ether oxygens (including phenoxy) is 2. The van der Waals surface area contributed by atoms with Gasteiger partial charge in [-0.1, -0.05) is 42.8 Å². The SMILES string of the molecule is COc1cc([C@H](N)C2CCC2)ccc1OCc1ccccc1.Cl. The van der Waals surface area contributed by atoms with Crippen molar-refractivity contribution in [1.82, 2.24) is 0 Å². The molecule has 3 rings (SSSR count). The maximum absolute atomic E-state index is 6.34. The van der Waals surface area contributed by atoms with E-state index in [-0.39, 0.29) is 18.4 Å². The molecule has 2 N–H and O–H groups in total. The predicted molar refractivity (Wildman–Crippen MR) is 95.3 cm³/mol. The fourth-order valence-corrected chi connectivity index (χ4v) is 2.82. The summed E-state index contributed by atoms with van der Waals surface area (Å²) in [6.45, 7) is 0.533. The zero-order valence-electron chi connectivity index (χ0n) is 13.4. The molecular weight excluding hydrogens is 310 g/mol. The summed E-state index contributed by atoms with van der Waals surface area (Å²) in [5.74, 6) is 2.12. The molecule has 0 amide bonds. The van der Waals surface area contributed by atoms with Gasteiger partial charge < -0.3 is 15.2 Å². The second-order valence-corrected chi connectivity index (χ2v) is 5.90. The first-order chi connectivity index (χ1) is 10.8. The molecule has 2 aromatic rings. The van der Waals surface area contributed by atoms with Crippen LogP contribution in [-0.4, -0.2) is 7.11 Å². The molecule has 0 aliphatic heterocycles. The van der Waals surface area contributed by atoms with E-state index in [1.54, 1.807) is 7.11 Å². The van der Waals surface area contributed by atoms with Crippen molar-refractivity contribution in [2.45, 2.75) is 31.9 Å². The van der Waals surface area contributed by atoms with Crippen molar-refractivity contribution in [2.75, 3.05) is 7.11 Å². The molecule has 3 nitrogen and oxygen atoms in total. The van der Waals surface area contributed by atoms with Gasteiger partial charge in [0.05, 0.1) is 7.11 Å². The van der Waals surface area contributed by atoms with Crippen LogP contribution in [0.25, 0.3) is 0 Å². The van der Waals surface area contributed by atoms with E-state index in [4.69, 9.17) is 15.2 Å². The summed E-state index contributed by atoms with van der Waals surface area (Å²) < 4.78 is 11.4. The van der Waals surface area contributed by atoms with Gasteiger partial charge in [0.25, 0.3) is 0 Å². The van der Waals surface area contributed by atoms with Crippen LogP contribution in [0.15, 0.2) is 48.5 Å². The Morgan fingerprint density at radius 3 is 2.43 bits per heavy atom. The molecule has 0 spiro atoms. The molecule has 0 aromatic heterocycles. The molecular formula is C19H24ClNO2. The van der Waals surface area contributed by atoms with Crippen LogP contribution < -0.4 is 15.2 Å². The smallest absolute Gasteiger partial charge is 0.161 e. The van der Waals surface area contributed by atoms with Gasteiger partial charge in [-0.3, -0.25) is 0 Å². The summed E-state index contributed by atoms with van der Waals surface area (Å²) in [4.78, 5) is 0. The minimum Gasteiger partial charge on any atom is -0.493 e. The number of methoxy groups -OCH3 is 1. The molecule has 1 fully saturated rings. The fourth-order valence-electron chi connectivity index (χ4n) is 2.82. The monoisotopic (exact) mass is 333 g/mol. The van der Waals surface area contributed by atoms with Crippen molar-refractivity contribution in [3.8, 4) is 11.5 Å². The van der Waals surface area contributed by atoms with Crippen LogP contribution in [0.4, 0.5) is 0 Å². The van der Waals surface area contributed by atoms with Gasteiger partial charge in [-0.25, -0.2) is 0 Å². The minimum atomic E-state index is 0. The van der Waals surface area contributed by atoms with Crippen LogP contribution >= 0.6 is 12.4 Å². The van der Waals surface area contributed by atoms with Gasteiger partial charge in [0.15, 0.2) is 11.5 Å². The van der Waals surface area contributed by atoms with Crippen LogP contribution in [0.3, 0.4) is 0 Å². The second kappa shape index (κ2) is 8.23. The third-order valence-electron chi connectivity index (χ3n) is 4.47. The molecule has 1 aliphatic carbocycles. The molecule has 0 bridgehead atoms. The molecule has 0 radical (unpaired) electrons. The summed E-state index contributed by atoms with van der Waals surface area (Å²) in [6.07, 6.45) is 3.76. The van der Waals surface area contributed by atoms with E-state index in [2.05, 4.69) is 6.07 Å². The summed E-state index contributed by atoms with van der Waals surface area (Å²) in [6, 6.07) is 16.3. The lowest BCUT2D eigenvalue weighted by atomic mass is 9.77. The summed E-state index contributed by atoms with van der Waals surface area (Å²) in [5.41, 5.74) is 8.61. The van der Waals surface area contributed by atoms with E-state index < -0.39 is 0 Å². The Labute approximate surface area is 144 Å². The fraction of sp³-hybridized carbons (Fsp3) is 0.368. The highest BCUT2D eigenvalue weighted by molar-refractivity contribution is 5.85. The summed E-state index contributed by atoms with van der Waals surface area (Å²) in [5, 5.41) is 0. The number of halogens is 1. The van der Waals surface area contributed by atoms with E-state index in [1.165, 1.54) is 19.3 Å². The van der Waals surface area contributed by atoms with Gasteiger partial charge in [0.2, 0.25) is 0 Å². The molecule has 0 heterocycles. The van der Waals surface area contributed by atoms with Crippen molar-refractivity contribution in [1.29, 1.82) is 0 Å². The van der Waals surface area contributed by atoms with E-state index >= 15 is 0 Å². The number of nitrogens with two attached hydrogens (primary N) is 1. The quantitative estimate of drug-likeness (QED) is 0.846. The Bertz CT molecular complexity index is 614. The highest BCUT2D eigenvalue weighted by Crippen LogP contribution is 2.38. The Balaban J connectivity index is 0.00000192. The first kappa shape index (κ1) is 17.6. The van der Waals surface area contributed by atoms with Gasteiger partial charge in [-0.15, -0.1) is 12.4 Å². The average molecular weight is 334 g/mol. The molecule has 2 aromatic carbocycles. The van der Waals surface area contributed by atoms with Crippen LogP contribution in [0.2, 0.25) is 0 Å². The van der Waals surface area contributed by atoms with Crippen molar-refractivity contribution < 1.29 is 9.47 Å². The molecule has 23 heavy (non-hydrogen) atoms. The van der Waals surface area contributed by atoms with Crippen LogP contribution in [0.5, 0.6) is 11.5 Å². The average Bonchev–Trinajstić information content (AvgIpc) is 2.52. The number of hydrogen-bond acceptors (Lipinski definition) is 3. The largest absolute Gasteiger partial charge is 0.493 e. The third kappa shape index (κ3) is 4.18. The first-order valence-corrected chi connectivity index (χ1v) is 7.88. The van der Waals surface area contributed by atoms with Gasteiger partial charge in [0, 0.05) is 6.04 Å². The highest BCUT2D eigenvalue weighted by Gasteiger charge is 2.26. The molecule has 1 saturated carbocycles. The molecule has 1 atom stereocenters. The predicted octanol–water partition coefficient (Wildman–Crippen LogP) is 4.50. The Kier molecular flexibility index (Phi) is 6.31. The van der Waals surface area contributed by atoms with E-state index in [0.29, 0.717) is 12.5 Å². The molecule has 124 valence electrons. The lowest BCUT2D eigenvalue weighted by molar-refractivity contribution is 0.262. The Morgan fingerprint density at radius 2 is 1.83 bits per heavy atom. The normalized spacial score (nSPS) is 15.2. The van der Waals surface area contributed by atoms with Crippen molar-refractivity contribution >= 4 is 12.4 Å². The molecule has 0 unspecified atom stereocenters. The van der Waals surface area contributed by atoms with Gasteiger partial charge >= 0.3 is 0 Å². The van der Waals surface area contributed by atoms with Crippen molar-refractivity contribution in [3.63, 3.8) is 0 Å². The van der Waals surface area contributed by atoms with E-state index in [0.717, 1.165) is 22.6 Å². The van der Waals surface area contributed by atoms with Crippen molar-refractivity contribution in [2.24, 2.45) is 11.7 Å².